The van der Waals surface area contributed by atoms with Crippen molar-refractivity contribution in [1.29, 1.82) is 0 Å². The number of nitrogens with zero attached hydrogens (tertiary/aromatic N) is 1. The Kier molecular flexibility index (Phi) is 4.58. The van der Waals surface area contributed by atoms with Gasteiger partial charge < -0.3 is 16.8 Å². The highest BCUT2D eigenvalue weighted by Gasteiger charge is 2.07. The van der Waals surface area contributed by atoms with Crippen LogP contribution in [0.25, 0.3) is 10.9 Å². The van der Waals surface area contributed by atoms with E-state index in [0.717, 1.165) is 29.4 Å². The molecule has 2 rings (SSSR count). The van der Waals surface area contributed by atoms with Crippen LogP contribution in [0, 0.1) is 0 Å². The predicted octanol–water partition coefficient (Wildman–Crippen LogP) is 2.71. The highest BCUT2D eigenvalue weighted by Crippen LogP contribution is 2.25. The van der Waals surface area contributed by atoms with Crippen molar-refractivity contribution in [1.82, 2.24) is 4.98 Å². The quantitative estimate of drug-likeness (QED) is 0.735. The summed E-state index contributed by atoms with van der Waals surface area (Å²) in [5.74, 6) is 0. The Bertz CT molecular complexity index is 556. The number of fused-ring (bicyclic) bond motifs is 1. The second-order valence-corrected chi connectivity index (χ2v) is 5.24. The first-order chi connectivity index (χ1) is 9.06. The maximum Gasteiger partial charge on any atom is 0.0737 e. The fourth-order valence-corrected chi connectivity index (χ4v) is 2.19. The maximum atomic E-state index is 5.97. The summed E-state index contributed by atoms with van der Waals surface area (Å²) in [5, 5.41) is 5.22. The molecule has 1 unspecified atom stereocenters. The molecule has 0 aliphatic heterocycles. The van der Waals surface area contributed by atoms with E-state index in [9.17, 15) is 0 Å². The lowest BCUT2D eigenvalue weighted by atomic mass is 10.1. The van der Waals surface area contributed by atoms with E-state index in [0.29, 0.717) is 11.1 Å². The van der Waals surface area contributed by atoms with Gasteiger partial charge in [-0.25, -0.2) is 0 Å². The van der Waals surface area contributed by atoms with Crippen molar-refractivity contribution in [3.8, 4) is 0 Å². The number of pyridine rings is 1. The van der Waals surface area contributed by atoms with Gasteiger partial charge in [-0.05, 0) is 44.0 Å². The zero-order valence-corrected chi connectivity index (χ0v) is 11.7. The van der Waals surface area contributed by atoms with Gasteiger partial charge >= 0.3 is 0 Å². The Balaban J connectivity index is 2.16. The average molecular weight is 279 g/mol. The molecule has 0 saturated heterocycles. The Morgan fingerprint density at radius 2 is 2.05 bits per heavy atom. The standard InChI is InChI=1S/C14H19ClN4/c1-9(2-5-14(16)17)19-12-6-7-18-13-8-10(15)3-4-11(12)13/h3-4,6-9,14H,2,5,16-17H2,1H3,(H,18,19). The van der Waals surface area contributed by atoms with Crippen molar-refractivity contribution >= 4 is 28.2 Å². The van der Waals surface area contributed by atoms with Gasteiger partial charge in [0.05, 0.1) is 11.7 Å². The topological polar surface area (TPSA) is 77.0 Å². The summed E-state index contributed by atoms with van der Waals surface area (Å²) in [6, 6.07) is 7.99. The molecule has 1 aromatic heterocycles. The van der Waals surface area contributed by atoms with Crippen LogP contribution in [-0.4, -0.2) is 17.2 Å². The number of rotatable bonds is 5. The van der Waals surface area contributed by atoms with Crippen LogP contribution < -0.4 is 16.8 Å². The van der Waals surface area contributed by atoms with E-state index in [1.807, 2.05) is 24.3 Å². The molecule has 0 aliphatic carbocycles. The molecule has 4 nitrogen and oxygen atoms in total. The Hall–Kier alpha value is -1.36. The Labute approximate surface area is 118 Å². The van der Waals surface area contributed by atoms with E-state index in [1.54, 1.807) is 6.20 Å². The zero-order valence-electron chi connectivity index (χ0n) is 10.9. The van der Waals surface area contributed by atoms with Gasteiger partial charge in [0.25, 0.3) is 0 Å². The average Bonchev–Trinajstić information content (AvgIpc) is 2.36. The minimum atomic E-state index is -0.253. The molecular weight excluding hydrogens is 260 g/mol. The Morgan fingerprint density at radius 3 is 2.79 bits per heavy atom. The molecule has 1 aromatic carbocycles. The van der Waals surface area contributed by atoms with Crippen LogP contribution in [0.5, 0.6) is 0 Å². The van der Waals surface area contributed by atoms with Crippen molar-refractivity contribution in [2.75, 3.05) is 5.32 Å². The summed E-state index contributed by atoms with van der Waals surface area (Å²) in [7, 11) is 0. The smallest absolute Gasteiger partial charge is 0.0737 e. The molecule has 19 heavy (non-hydrogen) atoms. The molecule has 102 valence electrons. The normalized spacial score (nSPS) is 12.9. The third-order valence-corrected chi connectivity index (χ3v) is 3.27. The predicted molar refractivity (Wildman–Crippen MR) is 81.2 cm³/mol. The molecule has 0 bridgehead atoms. The summed E-state index contributed by atoms with van der Waals surface area (Å²) in [4.78, 5) is 4.32. The first kappa shape index (κ1) is 14.1. The van der Waals surface area contributed by atoms with Crippen LogP contribution in [0.3, 0.4) is 0 Å². The molecule has 2 aromatic rings. The lowest BCUT2D eigenvalue weighted by Gasteiger charge is -2.17. The number of nitrogens with one attached hydrogen (secondary N) is 1. The van der Waals surface area contributed by atoms with E-state index in [1.165, 1.54) is 0 Å². The van der Waals surface area contributed by atoms with Gasteiger partial charge in [-0.15, -0.1) is 0 Å². The molecule has 0 fully saturated rings. The molecule has 0 radical (unpaired) electrons. The van der Waals surface area contributed by atoms with Crippen molar-refractivity contribution in [2.24, 2.45) is 11.5 Å². The van der Waals surface area contributed by atoms with Crippen LogP contribution in [-0.2, 0) is 0 Å². The molecule has 0 aliphatic rings. The van der Waals surface area contributed by atoms with Crippen LogP contribution in [0.4, 0.5) is 5.69 Å². The minimum Gasteiger partial charge on any atom is -0.382 e. The lowest BCUT2D eigenvalue weighted by molar-refractivity contribution is 0.567. The van der Waals surface area contributed by atoms with Crippen molar-refractivity contribution < 1.29 is 0 Å². The number of hydrogen-bond donors (Lipinski definition) is 3. The molecule has 1 atom stereocenters. The van der Waals surface area contributed by atoms with Crippen molar-refractivity contribution in [2.45, 2.75) is 32.0 Å². The van der Waals surface area contributed by atoms with E-state index in [-0.39, 0.29) is 6.17 Å². The summed E-state index contributed by atoms with van der Waals surface area (Å²) in [6.07, 6.45) is 3.25. The van der Waals surface area contributed by atoms with Gasteiger partial charge in [0.1, 0.15) is 0 Å². The first-order valence-electron chi connectivity index (χ1n) is 6.38. The van der Waals surface area contributed by atoms with Crippen LogP contribution in [0.1, 0.15) is 19.8 Å². The van der Waals surface area contributed by atoms with E-state index < -0.39 is 0 Å². The molecule has 0 saturated carbocycles. The summed E-state index contributed by atoms with van der Waals surface area (Å²) >= 11 is 5.97. The van der Waals surface area contributed by atoms with Gasteiger partial charge in [-0.3, -0.25) is 4.98 Å². The minimum absolute atomic E-state index is 0.253. The van der Waals surface area contributed by atoms with Crippen molar-refractivity contribution in [3.63, 3.8) is 0 Å². The summed E-state index contributed by atoms with van der Waals surface area (Å²) in [5.41, 5.74) is 13.1. The number of hydrogen-bond acceptors (Lipinski definition) is 4. The second-order valence-electron chi connectivity index (χ2n) is 4.81. The van der Waals surface area contributed by atoms with Gasteiger partial charge in [0, 0.05) is 28.3 Å². The zero-order chi connectivity index (χ0) is 13.8. The van der Waals surface area contributed by atoms with Gasteiger partial charge in [0.15, 0.2) is 0 Å². The van der Waals surface area contributed by atoms with E-state index >= 15 is 0 Å². The fraction of sp³-hybridized carbons (Fsp3) is 0.357. The Morgan fingerprint density at radius 1 is 1.26 bits per heavy atom. The SMILES string of the molecule is CC(CCC(N)N)Nc1ccnc2cc(Cl)ccc12. The second kappa shape index (κ2) is 6.19. The molecule has 5 heteroatoms. The van der Waals surface area contributed by atoms with Crippen LogP contribution in [0.15, 0.2) is 30.5 Å². The number of aromatic nitrogens is 1. The molecule has 0 spiro atoms. The van der Waals surface area contributed by atoms with Gasteiger partial charge in [-0.1, -0.05) is 11.6 Å². The van der Waals surface area contributed by atoms with Gasteiger partial charge in [0.2, 0.25) is 0 Å². The molecule has 1 heterocycles. The summed E-state index contributed by atoms with van der Waals surface area (Å²) < 4.78 is 0. The van der Waals surface area contributed by atoms with E-state index in [4.69, 9.17) is 23.1 Å². The van der Waals surface area contributed by atoms with E-state index in [2.05, 4.69) is 17.2 Å². The third kappa shape index (κ3) is 3.80. The fourth-order valence-electron chi connectivity index (χ4n) is 2.03. The third-order valence-electron chi connectivity index (χ3n) is 3.04. The van der Waals surface area contributed by atoms with Crippen LogP contribution in [0.2, 0.25) is 5.02 Å². The number of anilines is 1. The summed E-state index contributed by atoms with van der Waals surface area (Å²) in [6.45, 7) is 2.12. The van der Waals surface area contributed by atoms with Crippen molar-refractivity contribution in [3.05, 3.63) is 35.5 Å². The number of nitrogens with two attached hydrogens (primary N) is 2. The largest absolute Gasteiger partial charge is 0.382 e. The highest BCUT2D eigenvalue weighted by molar-refractivity contribution is 6.31. The number of benzene rings is 1. The molecular formula is C14H19ClN4. The van der Waals surface area contributed by atoms with Gasteiger partial charge in [-0.2, -0.15) is 0 Å². The maximum absolute atomic E-state index is 5.97. The molecule has 0 amide bonds. The monoisotopic (exact) mass is 278 g/mol. The lowest BCUT2D eigenvalue weighted by Crippen LogP contribution is -2.32. The number of halogens is 1. The highest BCUT2D eigenvalue weighted by atomic mass is 35.5. The first-order valence-corrected chi connectivity index (χ1v) is 6.76. The molecule has 5 N–H and O–H groups in total. The van der Waals surface area contributed by atoms with Crippen LogP contribution >= 0.6 is 11.6 Å².